The van der Waals surface area contributed by atoms with Crippen LogP contribution < -0.4 is 11.1 Å². The number of rotatable bonds is 2. The highest BCUT2D eigenvalue weighted by Gasteiger charge is 1.94. The minimum absolute atomic E-state index is 0.0147. The van der Waals surface area contributed by atoms with E-state index in [1.807, 2.05) is 30.3 Å². The number of amides is 1. The second-order valence-electron chi connectivity index (χ2n) is 3.70. The fourth-order valence-electron chi connectivity index (χ4n) is 1.50. The van der Waals surface area contributed by atoms with E-state index in [1.165, 1.54) is 0 Å². The Morgan fingerprint density at radius 1 is 1.39 bits per heavy atom. The van der Waals surface area contributed by atoms with Crippen molar-refractivity contribution >= 4 is 16.8 Å². The average molecular weight is 239 g/mol. The van der Waals surface area contributed by atoms with Gasteiger partial charge in [0.2, 0.25) is 5.91 Å². The Hall–Kier alpha value is -2.38. The maximum absolute atomic E-state index is 10.9. The lowest BCUT2D eigenvalue weighted by Gasteiger charge is -1.97. The Morgan fingerprint density at radius 3 is 3.06 bits per heavy atom. The molecule has 2 rings (SSSR count). The molecule has 1 aromatic carbocycles. The number of carbonyl (C=O) groups is 1. The van der Waals surface area contributed by atoms with Crippen molar-refractivity contribution in [3.63, 3.8) is 0 Å². The Kier molecular flexibility index (Phi) is 3.90. The van der Waals surface area contributed by atoms with Crippen molar-refractivity contribution < 1.29 is 4.79 Å². The molecule has 0 aliphatic carbocycles. The van der Waals surface area contributed by atoms with E-state index >= 15 is 0 Å². The van der Waals surface area contributed by atoms with Gasteiger partial charge >= 0.3 is 0 Å². The van der Waals surface area contributed by atoms with Gasteiger partial charge < -0.3 is 11.1 Å². The summed E-state index contributed by atoms with van der Waals surface area (Å²) in [5.41, 5.74) is 6.93. The van der Waals surface area contributed by atoms with Gasteiger partial charge in [-0.2, -0.15) is 0 Å². The molecular weight excluding hydrogens is 226 g/mol. The van der Waals surface area contributed by atoms with Gasteiger partial charge in [-0.15, -0.1) is 0 Å². The number of hydrogen-bond donors (Lipinski definition) is 2. The van der Waals surface area contributed by atoms with Crippen LogP contribution >= 0.6 is 0 Å². The predicted molar refractivity (Wildman–Crippen MR) is 70.7 cm³/mol. The van der Waals surface area contributed by atoms with Gasteiger partial charge in [0, 0.05) is 17.1 Å². The number of hydrogen-bond acceptors (Lipinski definition) is 3. The molecule has 2 aromatic rings. The predicted octanol–water partition coefficient (Wildman–Crippen LogP) is 0.661. The SMILES string of the molecule is NCC(=O)NCC#Cc1cnc2ccccc2c1. The molecule has 3 N–H and O–H groups in total. The summed E-state index contributed by atoms with van der Waals surface area (Å²) in [6, 6.07) is 9.82. The molecule has 90 valence electrons. The molecule has 0 radical (unpaired) electrons. The van der Waals surface area contributed by atoms with E-state index in [-0.39, 0.29) is 12.5 Å². The van der Waals surface area contributed by atoms with Crippen molar-refractivity contribution in [2.75, 3.05) is 13.1 Å². The maximum Gasteiger partial charge on any atom is 0.234 e. The Bertz CT molecular complexity index is 625. The van der Waals surface area contributed by atoms with Crippen molar-refractivity contribution in [1.82, 2.24) is 10.3 Å². The van der Waals surface area contributed by atoms with E-state index in [0.29, 0.717) is 6.54 Å². The van der Waals surface area contributed by atoms with Crippen LogP contribution in [-0.2, 0) is 4.79 Å². The minimum Gasteiger partial charge on any atom is -0.344 e. The first-order chi connectivity index (χ1) is 8.79. The number of aromatic nitrogens is 1. The van der Waals surface area contributed by atoms with Crippen LogP contribution in [0.15, 0.2) is 36.5 Å². The summed E-state index contributed by atoms with van der Waals surface area (Å²) < 4.78 is 0. The van der Waals surface area contributed by atoms with Crippen molar-refractivity contribution in [2.24, 2.45) is 5.73 Å². The van der Waals surface area contributed by atoms with Crippen molar-refractivity contribution in [1.29, 1.82) is 0 Å². The zero-order chi connectivity index (χ0) is 12.8. The van der Waals surface area contributed by atoms with Crippen LogP contribution in [0.4, 0.5) is 0 Å². The van der Waals surface area contributed by atoms with Crippen LogP contribution in [0, 0.1) is 11.8 Å². The topological polar surface area (TPSA) is 68.0 Å². The molecule has 4 heteroatoms. The minimum atomic E-state index is -0.207. The van der Waals surface area contributed by atoms with E-state index in [4.69, 9.17) is 5.73 Å². The third kappa shape index (κ3) is 3.06. The molecule has 0 aliphatic rings. The average Bonchev–Trinajstić information content (AvgIpc) is 2.43. The first kappa shape index (κ1) is 12.1. The smallest absolute Gasteiger partial charge is 0.234 e. The van der Waals surface area contributed by atoms with Crippen molar-refractivity contribution in [3.05, 3.63) is 42.1 Å². The second-order valence-corrected chi connectivity index (χ2v) is 3.70. The lowest BCUT2D eigenvalue weighted by Crippen LogP contribution is -2.30. The number of fused-ring (bicyclic) bond motifs is 1. The fraction of sp³-hybridized carbons (Fsp3) is 0.143. The third-order valence-corrected chi connectivity index (χ3v) is 2.38. The number of benzene rings is 1. The monoisotopic (exact) mass is 239 g/mol. The van der Waals surface area contributed by atoms with E-state index in [1.54, 1.807) is 6.20 Å². The van der Waals surface area contributed by atoms with Gasteiger partial charge in [0.15, 0.2) is 0 Å². The summed E-state index contributed by atoms with van der Waals surface area (Å²) in [6.45, 7) is 0.280. The number of nitrogens with two attached hydrogens (primary N) is 1. The molecule has 1 heterocycles. The Morgan fingerprint density at radius 2 is 2.22 bits per heavy atom. The number of pyridine rings is 1. The quantitative estimate of drug-likeness (QED) is 0.756. The first-order valence-electron chi connectivity index (χ1n) is 5.60. The summed E-state index contributed by atoms with van der Waals surface area (Å²) in [5.74, 6) is 5.59. The summed E-state index contributed by atoms with van der Waals surface area (Å²) in [4.78, 5) is 15.2. The fourth-order valence-corrected chi connectivity index (χ4v) is 1.50. The molecule has 0 aliphatic heterocycles. The van der Waals surface area contributed by atoms with Gasteiger partial charge in [-0.1, -0.05) is 30.0 Å². The van der Waals surface area contributed by atoms with E-state index in [2.05, 4.69) is 22.1 Å². The number of carbonyl (C=O) groups excluding carboxylic acids is 1. The first-order valence-corrected chi connectivity index (χ1v) is 5.60. The number of nitrogens with one attached hydrogen (secondary N) is 1. The highest BCUT2D eigenvalue weighted by Crippen LogP contribution is 2.11. The highest BCUT2D eigenvalue weighted by molar-refractivity contribution is 5.79. The van der Waals surface area contributed by atoms with E-state index in [9.17, 15) is 4.79 Å². The second kappa shape index (κ2) is 5.80. The van der Waals surface area contributed by atoms with Crippen LogP contribution in [-0.4, -0.2) is 24.0 Å². The molecule has 0 saturated heterocycles. The van der Waals surface area contributed by atoms with E-state index < -0.39 is 0 Å². The molecule has 0 atom stereocenters. The molecule has 4 nitrogen and oxygen atoms in total. The van der Waals surface area contributed by atoms with Gasteiger partial charge in [0.25, 0.3) is 0 Å². The molecule has 0 saturated carbocycles. The molecule has 0 unspecified atom stereocenters. The van der Waals surface area contributed by atoms with Crippen molar-refractivity contribution in [2.45, 2.75) is 0 Å². The molecule has 0 bridgehead atoms. The summed E-state index contributed by atoms with van der Waals surface area (Å²) >= 11 is 0. The summed E-state index contributed by atoms with van der Waals surface area (Å²) in [6.07, 6.45) is 1.72. The molecule has 0 spiro atoms. The molecule has 1 amide bonds. The Balaban J connectivity index is 2.08. The van der Waals surface area contributed by atoms with Gasteiger partial charge in [-0.05, 0) is 12.1 Å². The van der Waals surface area contributed by atoms with Crippen LogP contribution in [0.25, 0.3) is 10.9 Å². The van der Waals surface area contributed by atoms with Crippen LogP contribution in [0.3, 0.4) is 0 Å². The van der Waals surface area contributed by atoms with Crippen LogP contribution in [0.2, 0.25) is 0 Å². The van der Waals surface area contributed by atoms with Crippen LogP contribution in [0.1, 0.15) is 5.56 Å². The lowest BCUT2D eigenvalue weighted by atomic mass is 10.2. The largest absolute Gasteiger partial charge is 0.344 e. The number of nitrogens with zero attached hydrogens (tertiary/aromatic N) is 1. The normalized spacial score (nSPS) is 9.61. The standard InChI is InChI=1S/C14H13N3O/c15-9-14(18)16-7-3-4-11-8-12-5-1-2-6-13(12)17-10-11/h1-2,5-6,8,10H,7,9,15H2,(H,16,18). The van der Waals surface area contributed by atoms with E-state index in [0.717, 1.165) is 16.5 Å². The molecule has 1 aromatic heterocycles. The molecule has 0 fully saturated rings. The number of para-hydroxylation sites is 1. The van der Waals surface area contributed by atoms with Crippen LogP contribution in [0.5, 0.6) is 0 Å². The van der Waals surface area contributed by atoms with Gasteiger partial charge in [0.1, 0.15) is 0 Å². The highest BCUT2D eigenvalue weighted by atomic mass is 16.1. The van der Waals surface area contributed by atoms with Gasteiger partial charge in [-0.25, -0.2) is 0 Å². The zero-order valence-electron chi connectivity index (χ0n) is 9.81. The maximum atomic E-state index is 10.9. The third-order valence-electron chi connectivity index (χ3n) is 2.38. The zero-order valence-corrected chi connectivity index (χ0v) is 9.81. The summed E-state index contributed by atoms with van der Waals surface area (Å²) in [7, 11) is 0. The lowest BCUT2D eigenvalue weighted by molar-refractivity contribution is -0.119. The molecule has 18 heavy (non-hydrogen) atoms. The Labute approximate surface area is 105 Å². The molecular formula is C14H13N3O. The van der Waals surface area contributed by atoms with Crippen molar-refractivity contribution in [3.8, 4) is 11.8 Å². The van der Waals surface area contributed by atoms with Gasteiger partial charge in [-0.3, -0.25) is 9.78 Å². The summed E-state index contributed by atoms with van der Waals surface area (Å²) in [5, 5.41) is 3.63. The van der Waals surface area contributed by atoms with Gasteiger partial charge in [0.05, 0.1) is 18.6 Å².